The third-order valence-electron chi connectivity index (χ3n) is 2.45. The molecule has 2 N–H and O–H groups in total. The van der Waals surface area contributed by atoms with Crippen molar-refractivity contribution in [3.63, 3.8) is 0 Å². The molecule has 16 heavy (non-hydrogen) atoms. The second-order valence-corrected chi connectivity index (χ2v) is 3.69. The molecule has 2 aromatic carbocycles. The standard InChI is InChI=1S/C15H15N/c16-12-15-8-4-7-14(11-15)10-9-13-5-2-1-3-6-13/h1-11H,12,16H2. The van der Waals surface area contributed by atoms with Crippen LogP contribution in [0.3, 0.4) is 0 Å². The van der Waals surface area contributed by atoms with E-state index < -0.39 is 0 Å². The maximum Gasteiger partial charge on any atom is 0.0178 e. The highest BCUT2D eigenvalue weighted by Gasteiger charge is 1.90. The van der Waals surface area contributed by atoms with Crippen molar-refractivity contribution in [3.05, 3.63) is 71.3 Å². The molecule has 0 bridgehead atoms. The van der Waals surface area contributed by atoms with Crippen LogP contribution in [0.1, 0.15) is 16.7 Å². The molecule has 80 valence electrons. The summed E-state index contributed by atoms with van der Waals surface area (Å²) >= 11 is 0. The first-order chi connectivity index (χ1) is 7.88. The Morgan fingerprint density at radius 2 is 1.50 bits per heavy atom. The molecule has 0 atom stereocenters. The van der Waals surface area contributed by atoms with Gasteiger partial charge in [0.1, 0.15) is 0 Å². The Balaban J connectivity index is 2.17. The maximum atomic E-state index is 5.60. The first-order valence-electron chi connectivity index (χ1n) is 5.40. The van der Waals surface area contributed by atoms with Gasteiger partial charge in [-0.1, -0.05) is 66.7 Å². The zero-order valence-electron chi connectivity index (χ0n) is 9.14. The van der Waals surface area contributed by atoms with E-state index in [1.807, 2.05) is 30.3 Å². The molecule has 0 radical (unpaired) electrons. The molecule has 0 aromatic heterocycles. The van der Waals surface area contributed by atoms with Gasteiger partial charge in [-0.05, 0) is 16.7 Å². The SMILES string of the molecule is NCc1cccc(C=Cc2ccccc2)c1. The van der Waals surface area contributed by atoms with Crippen molar-refractivity contribution >= 4 is 12.2 Å². The highest BCUT2D eigenvalue weighted by Crippen LogP contribution is 2.09. The smallest absolute Gasteiger partial charge is 0.0178 e. The topological polar surface area (TPSA) is 26.0 Å². The van der Waals surface area contributed by atoms with Crippen molar-refractivity contribution in [2.24, 2.45) is 5.73 Å². The van der Waals surface area contributed by atoms with Crippen LogP contribution in [0.15, 0.2) is 54.6 Å². The second-order valence-electron chi connectivity index (χ2n) is 3.69. The monoisotopic (exact) mass is 209 g/mol. The van der Waals surface area contributed by atoms with Crippen LogP contribution >= 0.6 is 0 Å². The minimum atomic E-state index is 0.590. The molecule has 2 rings (SSSR count). The van der Waals surface area contributed by atoms with E-state index in [1.165, 1.54) is 11.1 Å². The van der Waals surface area contributed by atoms with Crippen LogP contribution < -0.4 is 5.73 Å². The lowest BCUT2D eigenvalue weighted by atomic mass is 10.1. The van der Waals surface area contributed by atoms with Crippen LogP contribution in [0.4, 0.5) is 0 Å². The molecule has 2 aromatic rings. The normalized spacial score (nSPS) is 10.8. The second kappa shape index (κ2) is 5.29. The van der Waals surface area contributed by atoms with Crippen LogP contribution in [-0.4, -0.2) is 0 Å². The molecule has 1 heteroatoms. The molecule has 0 unspecified atom stereocenters. The molecule has 0 amide bonds. The Kier molecular flexibility index (Phi) is 3.52. The summed E-state index contributed by atoms with van der Waals surface area (Å²) in [5, 5.41) is 0. The van der Waals surface area contributed by atoms with Gasteiger partial charge in [0.25, 0.3) is 0 Å². The van der Waals surface area contributed by atoms with Gasteiger partial charge in [0, 0.05) is 6.54 Å². The van der Waals surface area contributed by atoms with E-state index >= 15 is 0 Å². The number of hydrogen-bond acceptors (Lipinski definition) is 1. The Hall–Kier alpha value is -1.86. The fraction of sp³-hybridized carbons (Fsp3) is 0.0667. The third-order valence-corrected chi connectivity index (χ3v) is 2.45. The van der Waals surface area contributed by atoms with Crippen molar-refractivity contribution in [2.75, 3.05) is 0 Å². The predicted octanol–water partition coefficient (Wildman–Crippen LogP) is 3.32. The molecule has 0 fully saturated rings. The number of benzene rings is 2. The summed E-state index contributed by atoms with van der Waals surface area (Å²) in [5.74, 6) is 0. The molecular weight excluding hydrogens is 194 g/mol. The summed E-state index contributed by atoms with van der Waals surface area (Å²) in [6, 6.07) is 18.5. The highest BCUT2D eigenvalue weighted by atomic mass is 14.5. The average Bonchev–Trinajstić information content (AvgIpc) is 2.38. The zero-order chi connectivity index (χ0) is 11.2. The van der Waals surface area contributed by atoms with Gasteiger partial charge in [0.05, 0.1) is 0 Å². The Morgan fingerprint density at radius 1 is 0.812 bits per heavy atom. The largest absolute Gasteiger partial charge is 0.326 e. The highest BCUT2D eigenvalue weighted by molar-refractivity contribution is 5.69. The summed E-state index contributed by atoms with van der Waals surface area (Å²) in [6.45, 7) is 0.590. The van der Waals surface area contributed by atoms with Crippen molar-refractivity contribution in [1.82, 2.24) is 0 Å². The Labute approximate surface area is 96.2 Å². The van der Waals surface area contributed by atoms with E-state index in [9.17, 15) is 0 Å². The number of nitrogens with two attached hydrogens (primary N) is 1. The van der Waals surface area contributed by atoms with E-state index in [1.54, 1.807) is 0 Å². The first kappa shape index (κ1) is 10.7. The van der Waals surface area contributed by atoms with Crippen LogP contribution in [0, 0.1) is 0 Å². The van der Waals surface area contributed by atoms with E-state index in [-0.39, 0.29) is 0 Å². The van der Waals surface area contributed by atoms with Gasteiger partial charge in [0.2, 0.25) is 0 Å². The Bertz CT molecular complexity index is 472. The molecule has 0 heterocycles. The van der Waals surface area contributed by atoms with Gasteiger partial charge in [-0.25, -0.2) is 0 Å². The van der Waals surface area contributed by atoms with Crippen molar-refractivity contribution < 1.29 is 0 Å². The van der Waals surface area contributed by atoms with Gasteiger partial charge in [-0.2, -0.15) is 0 Å². The molecule has 0 saturated carbocycles. The summed E-state index contributed by atoms with van der Waals surface area (Å²) in [5.41, 5.74) is 9.16. The van der Waals surface area contributed by atoms with Gasteiger partial charge >= 0.3 is 0 Å². The summed E-state index contributed by atoms with van der Waals surface area (Å²) < 4.78 is 0. The van der Waals surface area contributed by atoms with Crippen LogP contribution in [0.2, 0.25) is 0 Å². The van der Waals surface area contributed by atoms with Crippen molar-refractivity contribution in [2.45, 2.75) is 6.54 Å². The van der Waals surface area contributed by atoms with Crippen LogP contribution in [0.5, 0.6) is 0 Å². The molecule has 0 spiro atoms. The lowest BCUT2D eigenvalue weighted by Gasteiger charge is -1.98. The molecule has 0 aliphatic carbocycles. The predicted molar refractivity (Wildman–Crippen MR) is 69.7 cm³/mol. The van der Waals surface area contributed by atoms with Crippen LogP contribution in [-0.2, 0) is 6.54 Å². The quantitative estimate of drug-likeness (QED) is 0.771. The molecule has 0 saturated heterocycles. The first-order valence-corrected chi connectivity index (χ1v) is 5.40. The maximum absolute atomic E-state index is 5.60. The number of rotatable bonds is 3. The van der Waals surface area contributed by atoms with Gasteiger partial charge in [-0.15, -0.1) is 0 Å². The third kappa shape index (κ3) is 2.81. The number of hydrogen-bond donors (Lipinski definition) is 1. The molecular formula is C15H15N. The summed E-state index contributed by atoms with van der Waals surface area (Å²) in [4.78, 5) is 0. The van der Waals surface area contributed by atoms with E-state index in [0.717, 1.165) is 5.56 Å². The van der Waals surface area contributed by atoms with Gasteiger partial charge in [-0.3, -0.25) is 0 Å². The summed E-state index contributed by atoms with van der Waals surface area (Å²) in [7, 11) is 0. The molecule has 0 aliphatic heterocycles. The van der Waals surface area contributed by atoms with Gasteiger partial charge in [0.15, 0.2) is 0 Å². The lowest BCUT2D eigenvalue weighted by Crippen LogP contribution is -1.95. The van der Waals surface area contributed by atoms with E-state index in [0.29, 0.717) is 6.54 Å². The Morgan fingerprint density at radius 3 is 2.25 bits per heavy atom. The lowest BCUT2D eigenvalue weighted by molar-refractivity contribution is 1.07. The van der Waals surface area contributed by atoms with Crippen molar-refractivity contribution in [1.29, 1.82) is 0 Å². The van der Waals surface area contributed by atoms with Crippen molar-refractivity contribution in [3.8, 4) is 0 Å². The van der Waals surface area contributed by atoms with Crippen LogP contribution in [0.25, 0.3) is 12.2 Å². The minimum absolute atomic E-state index is 0.590. The zero-order valence-corrected chi connectivity index (χ0v) is 9.14. The summed E-state index contributed by atoms with van der Waals surface area (Å²) in [6.07, 6.45) is 4.21. The fourth-order valence-corrected chi connectivity index (χ4v) is 1.58. The van der Waals surface area contributed by atoms with E-state index in [2.05, 4.69) is 36.4 Å². The molecule has 1 nitrogen and oxygen atoms in total. The fourth-order valence-electron chi connectivity index (χ4n) is 1.58. The van der Waals surface area contributed by atoms with Gasteiger partial charge < -0.3 is 5.73 Å². The van der Waals surface area contributed by atoms with E-state index in [4.69, 9.17) is 5.73 Å². The minimum Gasteiger partial charge on any atom is -0.326 e. The molecule has 0 aliphatic rings. The average molecular weight is 209 g/mol.